The van der Waals surface area contributed by atoms with Gasteiger partial charge in [0.05, 0.1) is 12.3 Å². The molecule has 2 saturated heterocycles. The van der Waals surface area contributed by atoms with Crippen LogP contribution in [0.3, 0.4) is 0 Å². The highest BCUT2D eigenvalue weighted by molar-refractivity contribution is 5.96. The first-order valence-corrected chi connectivity index (χ1v) is 16.2. The quantitative estimate of drug-likeness (QED) is 0.258. The lowest BCUT2D eigenvalue weighted by Crippen LogP contribution is -2.59. The molecule has 3 N–H and O–H groups in total. The van der Waals surface area contributed by atoms with Gasteiger partial charge >= 0.3 is 12.1 Å². The Labute approximate surface area is 282 Å². The molecule has 2 aliphatic rings. The number of ether oxygens (including phenoxy) is 2. The normalized spacial score (nSPS) is 18.1. The highest BCUT2D eigenvalue weighted by Gasteiger charge is 2.36. The van der Waals surface area contributed by atoms with E-state index in [9.17, 15) is 38.3 Å². The number of aliphatic carboxylic acids is 1. The Kier molecular flexibility index (Phi) is 12.9. The van der Waals surface area contributed by atoms with Gasteiger partial charge in [0.15, 0.2) is 12.3 Å². The number of alkyl halides is 1. The van der Waals surface area contributed by atoms with Gasteiger partial charge < -0.3 is 39.9 Å². The summed E-state index contributed by atoms with van der Waals surface area (Å²) in [6.45, 7) is 3.17. The molecule has 0 spiro atoms. The van der Waals surface area contributed by atoms with Crippen molar-refractivity contribution in [3.8, 4) is 11.6 Å². The summed E-state index contributed by atoms with van der Waals surface area (Å²) in [5.41, 5.74) is 0.338. The number of hydrogen-bond donors (Lipinski definition) is 3. The molecule has 0 unspecified atom stereocenters. The second-order valence-corrected chi connectivity index (χ2v) is 11.6. The number of carbonyl (C=O) groups is 6. The van der Waals surface area contributed by atoms with Gasteiger partial charge in [0, 0.05) is 51.3 Å². The number of benzene rings is 1. The van der Waals surface area contributed by atoms with E-state index in [0.29, 0.717) is 25.1 Å². The van der Waals surface area contributed by atoms with E-state index in [1.54, 1.807) is 44.2 Å². The van der Waals surface area contributed by atoms with Gasteiger partial charge in [-0.25, -0.2) is 13.9 Å². The SMILES string of the molecule is CCOC(=O)N1CCN(C(=O)[C@H](CCC(=O)O)NC(=O)c2cc(OCC(=O)N3CCC[C@H]3C(=O)NCCF)n(-c3ccccc3)n2)[C@@H](C)C1. The van der Waals surface area contributed by atoms with Crippen molar-refractivity contribution in [2.75, 3.05) is 52.6 Å². The number of likely N-dealkylation sites (tertiary alicyclic amines) is 1. The molecular weight excluding hydrogens is 645 g/mol. The Morgan fingerprint density at radius 3 is 2.51 bits per heavy atom. The zero-order chi connectivity index (χ0) is 35.5. The zero-order valence-corrected chi connectivity index (χ0v) is 27.5. The van der Waals surface area contributed by atoms with Crippen LogP contribution in [0.15, 0.2) is 36.4 Å². The summed E-state index contributed by atoms with van der Waals surface area (Å²) in [5, 5.41) is 18.8. The molecule has 3 atom stereocenters. The molecule has 0 saturated carbocycles. The fraction of sp³-hybridized carbons (Fsp3) is 0.531. The first-order valence-electron chi connectivity index (χ1n) is 16.2. The smallest absolute Gasteiger partial charge is 0.409 e. The lowest BCUT2D eigenvalue weighted by Gasteiger charge is -2.40. The monoisotopic (exact) mass is 687 g/mol. The fourth-order valence-corrected chi connectivity index (χ4v) is 5.80. The fourth-order valence-electron chi connectivity index (χ4n) is 5.80. The Balaban J connectivity index is 1.50. The number of nitrogens with zero attached hydrogens (tertiary/aromatic N) is 5. The first-order chi connectivity index (χ1) is 23.5. The number of hydrogen-bond acceptors (Lipinski definition) is 9. The average Bonchev–Trinajstić information content (AvgIpc) is 3.76. The maximum Gasteiger partial charge on any atom is 0.409 e. The molecule has 2 fully saturated rings. The summed E-state index contributed by atoms with van der Waals surface area (Å²) in [6.07, 6.45) is -0.0695. The number of rotatable bonds is 14. The summed E-state index contributed by atoms with van der Waals surface area (Å²) in [6, 6.07) is 7.54. The molecular formula is C32H42FN7O9. The van der Waals surface area contributed by atoms with Gasteiger partial charge in [0.1, 0.15) is 18.8 Å². The van der Waals surface area contributed by atoms with Gasteiger partial charge in [0.2, 0.25) is 17.7 Å². The number of nitrogens with one attached hydrogen (secondary N) is 2. The molecule has 49 heavy (non-hydrogen) atoms. The highest BCUT2D eigenvalue weighted by atomic mass is 19.1. The van der Waals surface area contributed by atoms with Crippen molar-refractivity contribution in [3.05, 3.63) is 42.1 Å². The second-order valence-electron chi connectivity index (χ2n) is 11.6. The molecule has 16 nitrogen and oxygen atoms in total. The molecule has 0 aliphatic carbocycles. The number of amides is 5. The molecule has 2 aromatic rings. The molecule has 2 aliphatic heterocycles. The Morgan fingerprint density at radius 1 is 1.08 bits per heavy atom. The molecule has 3 heterocycles. The molecule has 1 aromatic carbocycles. The van der Waals surface area contributed by atoms with Crippen LogP contribution in [-0.2, 0) is 23.9 Å². The Bertz CT molecular complexity index is 1500. The van der Waals surface area contributed by atoms with Crippen LogP contribution in [0.25, 0.3) is 5.69 Å². The van der Waals surface area contributed by atoms with Crippen LogP contribution in [0.4, 0.5) is 9.18 Å². The van der Waals surface area contributed by atoms with Gasteiger partial charge in [0.25, 0.3) is 11.8 Å². The van der Waals surface area contributed by atoms with Gasteiger partial charge in [-0.3, -0.25) is 24.0 Å². The van der Waals surface area contributed by atoms with Crippen molar-refractivity contribution in [1.82, 2.24) is 35.1 Å². The largest absolute Gasteiger partial charge is 0.481 e. The third-order valence-electron chi connectivity index (χ3n) is 8.21. The number of halogens is 1. The summed E-state index contributed by atoms with van der Waals surface area (Å²) >= 11 is 0. The van der Waals surface area contributed by atoms with Crippen LogP contribution >= 0.6 is 0 Å². The van der Waals surface area contributed by atoms with Crippen LogP contribution in [0.1, 0.15) is 50.0 Å². The van der Waals surface area contributed by atoms with Gasteiger partial charge in [-0.2, -0.15) is 5.10 Å². The molecule has 17 heteroatoms. The first kappa shape index (κ1) is 36.6. The number of aromatic nitrogens is 2. The topological polar surface area (TPSA) is 193 Å². The van der Waals surface area contributed by atoms with Crippen molar-refractivity contribution < 1.29 is 47.7 Å². The van der Waals surface area contributed by atoms with Crippen molar-refractivity contribution in [3.63, 3.8) is 0 Å². The third kappa shape index (κ3) is 9.45. The van der Waals surface area contributed by atoms with Crippen molar-refractivity contribution in [2.45, 2.75) is 57.7 Å². The minimum atomic E-state index is -1.22. The maximum absolute atomic E-state index is 13.7. The third-order valence-corrected chi connectivity index (χ3v) is 8.21. The highest BCUT2D eigenvalue weighted by Crippen LogP contribution is 2.22. The van der Waals surface area contributed by atoms with E-state index >= 15 is 0 Å². The second kappa shape index (κ2) is 17.3. The number of carbonyl (C=O) groups excluding carboxylic acids is 5. The maximum atomic E-state index is 13.7. The lowest BCUT2D eigenvalue weighted by molar-refractivity contribution is -0.140. The van der Waals surface area contributed by atoms with Crippen LogP contribution in [0.5, 0.6) is 5.88 Å². The van der Waals surface area contributed by atoms with E-state index in [4.69, 9.17) is 9.47 Å². The summed E-state index contributed by atoms with van der Waals surface area (Å²) in [5.74, 6) is -3.34. The van der Waals surface area contributed by atoms with Crippen LogP contribution in [-0.4, -0.2) is 136 Å². The molecule has 1 aromatic heterocycles. The zero-order valence-electron chi connectivity index (χ0n) is 27.5. The average molecular weight is 688 g/mol. The summed E-state index contributed by atoms with van der Waals surface area (Å²) < 4.78 is 24.8. The minimum absolute atomic E-state index is 0.0273. The molecule has 0 radical (unpaired) electrons. The van der Waals surface area contributed by atoms with E-state index in [-0.39, 0.29) is 50.8 Å². The van der Waals surface area contributed by atoms with Crippen molar-refractivity contribution in [2.24, 2.45) is 0 Å². The number of carboxylic acids is 1. The predicted molar refractivity (Wildman–Crippen MR) is 171 cm³/mol. The van der Waals surface area contributed by atoms with Gasteiger partial charge in [-0.15, -0.1) is 0 Å². The molecule has 4 rings (SSSR count). The minimum Gasteiger partial charge on any atom is -0.481 e. The van der Waals surface area contributed by atoms with E-state index in [1.807, 2.05) is 0 Å². The standard InChI is InChI=1S/C32H42FN7O9/c1-3-48-32(47)37-16-17-38(21(2)19-37)31(46)23(11-12-28(42)43)35-29(44)24-18-27(40(36-24)22-8-5-4-6-9-22)49-20-26(41)39-15-7-10-25(39)30(45)34-14-13-33/h4-6,8-9,18,21,23,25H,3,7,10-17,19-20H2,1-2H3,(H,34,45)(H,35,44)(H,42,43)/t21-,23-,25-/m0/s1. The molecule has 266 valence electrons. The van der Waals surface area contributed by atoms with Crippen LogP contribution in [0.2, 0.25) is 0 Å². The van der Waals surface area contributed by atoms with E-state index in [2.05, 4.69) is 15.7 Å². The summed E-state index contributed by atoms with van der Waals surface area (Å²) in [7, 11) is 0. The molecule has 5 amide bonds. The van der Waals surface area contributed by atoms with Crippen molar-refractivity contribution >= 4 is 35.7 Å². The lowest BCUT2D eigenvalue weighted by atomic mass is 10.1. The predicted octanol–water partition coefficient (Wildman–Crippen LogP) is 0.980. The number of carboxylic acid groups (broad SMARTS) is 1. The van der Waals surface area contributed by atoms with Crippen LogP contribution < -0.4 is 15.4 Å². The Hall–Kier alpha value is -5.22. The molecule has 0 bridgehead atoms. The van der Waals surface area contributed by atoms with Gasteiger partial charge in [-0.05, 0) is 45.2 Å². The number of piperazine rings is 1. The number of para-hydroxylation sites is 1. The van der Waals surface area contributed by atoms with E-state index in [0.717, 1.165) is 0 Å². The van der Waals surface area contributed by atoms with Crippen LogP contribution in [0, 0.1) is 0 Å². The van der Waals surface area contributed by atoms with Crippen molar-refractivity contribution in [1.29, 1.82) is 0 Å². The Morgan fingerprint density at radius 2 is 1.84 bits per heavy atom. The van der Waals surface area contributed by atoms with Gasteiger partial charge in [-0.1, -0.05) is 18.2 Å². The van der Waals surface area contributed by atoms with E-state index < -0.39 is 73.5 Å². The summed E-state index contributed by atoms with van der Waals surface area (Å²) in [4.78, 5) is 80.8. The van der Waals surface area contributed by atoms with E-state index in [1.165, 1.54) is 25.4 Å².